The van der Waals surface area contributed by atoms with Gasteiger partial charge in [-0.1, -0.05) is 58.1 Å². The SMILES string of the molecule is C=C(C)/C=C(/C)N=CC.C=C(c1ccc(F)cc1)N(CCCC)/N=C(\C)c1ccc(F)cc1.CCC1CCCO1.CCCNC=O. The molecule has 1 heterocycles. The van der Waals surface area contributed by atoms with Crippen LogP contribution in [-0.4, -0.2) is 49.1 Å². The summed E-state index contributed by atoms with van der Waals surface area (Å²) in [5.41, 5.74) is 5.20. The maximum atomic E-state index is 13.1. The van der Waals surface area contributed by atoms with E-state index < -0.39 is 0 Å². The van der Waals surface area contributed by atoms with E-state index in [2.05, 4.69) is 42.4 Å². The van der Waals surface area contributed by atoms with Crippen molar-refractivity contribution in [3.8, 4) is 0 Å². The Morgan fingerprint density at radius 2 is 1.57 bits per heavy atom. The molecular formula is C38H56F2N4O2. The van der Waals surface area contributed by atoms with E-state index in [4.69, 9.17) is 4.74 Å². The highest BCUT2D eigenvalue weighted by Crippen LogP contribution is 2.20. The third-order valence-electron chi connectivity index (χ3n) is 6.49. The Kier molecular flexibility index (Phi) is 24.1. The minimum Gasteiger partial charge on any atom is -0.378 e. The highest BCUT2D eigenvalue weighted by molar-refractivity contribution is 5.98. The van der Waals surface area contributed by atoms with Crippen LogP contribution in [0.1, 0.15) is 98.1 Å². The van der Waals surface area contributed by atoms with Crippen LogP contribution in [0.5, 0.6) is 0 Å². The summed E-state index contributed by atoms with van der Waals surface area (Å²) in [5.74, 6) is -0.553. The Balaban J connectivity index is 0.000000746. The number of hydrazone groups is 1. The fourth-order valence-electron chi connectivity index (χ4n) is 4.04. The van der Waals surface area contributed by atoms with Gasteiger partial charge in [-0.2, -0.15) is 5.10 Å². The summed E-state index contributed by atoms with van der Waals surface area (Å²) in [5, 5.41) is 8.99. The highest BCUT2D eigenvalue weighted by Gasteiger charge is 2.12. The van der Waals surface area contributed by atoms with Gasteiger partial charge in [0.05, 0.1) is 17.5 Å². The van der Waals surface area contributed by atoms with Gasteiger partial charge in [0.15, 0.2) is 0 Å². The number of amides is 1. The first-order valence-electron chi connectivity index (χ1n) is 16.2. The number of unbranched alkanes of at least 4 members (excludes halogenated alkanes) is 1. The molecule has 1 fully saturated rings. The quantitative estimate of drug-likeness (QED) is 0.0781. The zero-order chi connectivity index (χ0) is 34.7. The first-order valence-corrected chi connectivity index (χ1v) is 16.2. The standard InChI is InChI=1S/C20H22F2N2.C8H13N.C6H12O.C4H9NO/c1-4-5-14-24(16(3)18-8-12-20(22)13-9-18)23-15(2)17-6-10-19(21)11-7-17;1-5-9-8(4)6-7(2)3;1-2-6-4-3-5-7-6;1-2-3-5-4-6/h6-13H,3-5,14H2,1-2H3;5-6H,2H2,1,3-4H3;6H,2-5H2,1H3;4H,2-3H2,1H3,(H,5,6)/b23-15+;8-6-,9-5?;;. The van der Waals surface area contributed by atoms with Gasteiger partial charge in [0, 0.05) is 31.6 Å². The first-order chi connectivity index (χ1) is 22.0. The van der Waals surface area contributed by atoms with Crippen molar-refractivity contribution in [2.75, 3.05) is 19.7 Å². The van der Waals surface area contributed by atoms with Gasteiger partial charge in [-0.25, -0.2) is 8.78 Å². The fourth-order valence-corrected chi connectivity index (χ4v) is 4.04. The fraction of sp³-hybridized carbons (Fsp3) is 0.447. The summed E-state index contributed by atoms with van der Waals surface area (Å²) in [6.07, 6.45) is 11.8. The van der Waals surface area contributed by atoms with Crippen molar-refractivity contribution in [2.24, 2.45) is 10.1 Å². The van der Waals surface area contributed by atoms with E-state index in [-0.39, 0.29) is 11.6 Å². The molecule has 0 radical (unpaired) electrons. The second-order valence-electron chi connectivity index (χ2n) is 10.8. The van der Waals surface area contributed by atoms with E-state index in [0.29, 0.717) is 24.8 Å². The predicted octanol–water partition coefficient (Wildman–Crippen LogP) is 9.74. The number of nitrogens with zero attached hydrogens (tertiary/aromatic N) is 3. The molecule has 1 aliphatic rings. The lowest BCUT2D eigenvalue weighted by atomic mass is 10.1. The Labute approximate surface area is 277 Å². The Hall–Kier alpha value is -3.91. The number of benzene rings is 2. The largest absolute Gasteiger partial charge is 0.378 e. The van der Waals surface area contributed by atoms with Gasteiger partial charge < -0.3 is 10.1 Å². The molecule has 0 aliphatic carbocycles. The van der Waals surface area contributed by atoms with Crippen molar-refractivity contribution >= 4 is 24.0 Å². The van der Waals surface area contributed by atoms with Crippen LogP contribution in [0.4, 0.5) is 8.78 Å². The average molecular weight is 639 g/mol. The normalized spacial score (nSPS) is 14.2. The number of nitrogens with one attached hydrogen (secondary N) is 1. The second kappa shape index (κ2) is 26.3. The molecule has 0 spiro atoms. The van der Waals surface area contributed by atoms with E-state index >= 15 is 0 Å². The van der Waals surface area contributed by atoms with E-state index in [1.54, 1.807) is 30.5 Å². The van der Waals surface area contributed by atoms with Gasteiger partial charge in [0.25, 0.3) is 0 Å². The molecule has 1 unspecified atom stereocenters. The zero-order valence-corrected chi connectivity index (χ0v) is 29.1. The maximum absolute atomic E-state index is 13.1. The highest BCUT2D eigenvalue weighted by atomic mass is 19.1. The van der Waals surface area contributed by atoms with Crippen molar-refractivity contribution in [2.45, 2.75) is 93.1 Å². The van der Waals surface area contributed by atoms with Crippen molar-refractivity contribution in [1.29, 1.82) is 0 Å². The van der Waals surface area contributed by atoms with Crippen LogP contribution in [0.25, 0.3) is 5.70 Å². The van der Waals surface area contributed by atoms with Gasteiger partial charge >= 0.3 is 0 Å². The molecule has 0 aromatic heterocycles. The molecule has 8 heteroatoms. The molecule has 46 heavy (non-hydrogen) atoms. The Bertz CT molecular complexity index is 1220. The molecule has 1 amide bonds. The molecule has 6 nitrogen and oxygen atoms in total. The molecule has 1 aliphatic heterocycles. The summed E-state index contributed by atoms with van der Waals surface area (Å²) in [7, 11) is 0. The Morgan fingerprint density at radius 3 is 1.96 bits per heavy atom. The number of aliphatic imine (C=N–C) groups is 1. The van der Waals surface area contributed by atoms with Gasteiger partial charge in [0.1, 0.15) is 11.6 Å². The van der Waals surface area contributed by atoms with Crippen LogP contribution in [-0.2, 0) is 9.53 Å². The van der Waals surface area contributed by atoms with Gasteiger partial charge in [0.2, 0.25) is 6.41 Å². The third-order valence-corrected chi connectivity index (χ3v) is 6.49. The molecule has 1 saturated heterocycles. The van der Waals surface area contributed by atoms with Crippen molar-refractivity contribution in [3.63, 3.8) is 0 Å². The van der Waals surface area contributed by atoms with E-state index in [9.17, 15) is 13.6 Å². The average Bonchev–Trinajstić information content (AvgIpc) is 3.57. The molecule has 1 atom stereocenters. The van der Waals surface area contributed by atoms with Gasteiger partial charge in [-0.05, 0) is 113 Å². The summed E-state index contributed by atoms with van der Waals surface area (Å²) >= 11 is 0. The van der Waals surface area contributed by atoms with Crippen LogP contribution in [0.3, 0.4) is 0 Å². The summed E-state index contributed by atoms with van der Waals surface area (Å²) in [4.78, 5) is 13.5. The summed E-state index contributed by atoms with van der Waals surface area (Å²) < 4.78 is 31.5. The monoisotopic (exact) mass is 638 g/mol. The molecule has 2 aromatic carbocycles. The lowest BCUT2D eigenvalue weighted by Crippen LogP contribution is -2.19. The molecule has 254 valence electrons. The van der Waals surface area contributed by atoms with Crippen molar-refractivity contribution < 1.29 is 18.3 Å². The number of hydrogen-bond donors (Lipinski definition) is 1. The number of ether oxygens (including phenoxy) is 1. The van der Waals surface area contributed by atoms with Gasteiger partial charge in [-0.15, -0.1) is 0 Å². The molecule has 3 rings (SSSR count). The maximum Gasteiger partial charge on any atom is 0.207 e. The van der Waals surface area contributed by atoms with Crippen molar-refractivity contribution in [1.82, 2.24) is 10.3 Å². The first kappa shape index (κ1) is 42.1. The second-order valence-corrected chi connectivity index (χ2v) is 10.8. The minimum atomic E-state index is -0.280. The molecular weight excluding hydrogens is 582 g/mol. The number of carbonyl (C=O) groups excluding carboxylic acids is 1. The van der Waals surface area contributed by atoms with Crippen LogP contribution < -0.4 is 5.32 Å². The number of halogens is 2. The lowest BCUT2D eigenvalue weighted by Gasteiger charge is -2.22. The molecule has 1 N–H and O–H groups in total. The van der Waals surface area contributed by atoms with Crippen LogP contribution in [0, 0.1) is 11.6 Å². The van der Waals surface area contributed by atoms with E-state index in [1.165, 1.54) is 43.5 Å². The third kappa shape index (κ3) is 20.2. The summed E-state index contributed by atoms with van der Waals surface area (Å²) in [6.45, 7) is 24.3. The summed E-state index contributed by atoms with van der Waals surface area (Å²) in [6, 6.07) is 12.4. The predicted molar refractivity (Wildman–Crippen MR) is 192 cm³/mol. The van der Waals surface area contributed by atoms with Crippen LogP contribution in [0.2, 0.25) is 0 Å². The minimum absolute atomic E-state index is 0.273. The van der Waals surface area contributed by atoms with Crippen molar-refractivity contribution in [3.05, 3.63) is 102 Å². The van der Waals surface area contributed by atoms with E-state index in [1.807, 2.05) is 45.7 Å². The number of rotatable bonds is 13. The Morgan fingerprint density at radius 1 is 0.978 bits per heavy atom. The molecule has 0 saturated carbocycles. The van der Waals surface area contributed by atoms with Crippen LogP contribution >= 0.6 is 0 Å². The smallest absolute Gasteiger partial charge is 0.207 e. The number of carbonyl (C=O) groups is 1. The molecule has 0 bridgehead atoms. The topological polar surface area (TPSA) is 66.3 Å². The van der Waals surface area contributed by atoms with Gasteiger partial charge in [-0.3, -0.25) is 14.8 Å². The lowest BCUT2D eigenvalue weighted by molar-refractivity contribution is -0.109. The van der Waals surface area contributed by atoms with E-state index in [0.717, 1.165) is 60.5 Å². The molecule has 2 aromatic rings. The zero-order valence-electron chi connectivity index (χ0n) is 29.1. The van der Waals surface area contributed by atoms with Crippen LogP contribution in [0.15, 0.2) is 89.1 Å². The number of allylic oxidation sites excluding steroid dienone is 3. The number of hydrogen-bond acceptors (Lipinski definition) is 5.